The van der Waals surface area contributed by atoms with Gasteiger partial charge in [-0.25, -0.2) is 4.39 Å². The molecular formula is C11H13FN2O. The van der Waals surface area contributed by atoms with Crippen molar-refractivity contribution in [3.8, 4) is 0 Å². The predicted octanol–water partition coefficient (Wildman–Crippen LogP) is 2.15. The van der Waals surface area contributed by atoms with Crippen molar-refractivity contribution in [1.82, 2.24) is 0 Å². The molecule has 0 heterocycles. The number of nitrogens with one attached hydrogen (secondary N) is 1. The Bertz CT molecular complexity index is 388. The summed E-state index contributed by atoms with van der Waals surface area (Å²) in [6.07, 6.45) is 2.98. The largest absolute Gasteiger partial charge is 0.397 e. The van der Waals surface area contributed by atoms with Crippen LogP contribution in [0.3, 0.4) is 0 Å². The highest BCUT2D eigenvalue weighted by atomic mass is 19.1. The van der Waals surface area contributed by atoms with Gasteiger partial charge in [0.2, 0.25) is 5.91 Å². The molecule has 1 fully saturated rings. The molecule has 1 aromatic rings. The maximum atomic E-state index is 12.7. The Labute approximate surface area is 87.5 Å². The number of nitrogens with two attached hydrogens (primary N) is 1. The van der Waals surface area contributed by atoms with Crippen LogP contribution in [0.25, 0.3) is 0 Å². The highest BCUT2D eigenvalue weighted by Gasteiger charge is 2.25. The second kappa shape index (κ2) is 3.88. The zero-order valence-corrected chi connectivity index (χ0v) is 8.29. The lowest BCUT2D eigenvalue weighted by atomic mass is 9.85. The molecule has 80 valence electrons. The number of nitrogen functional groups attached to an aromatic ring is 1. The number of hydrogen-bond acceptors (Lipinski definition) is 2. The van der Waals surface area contributed by atoms with Crippen LogP contribution < -0.4 is 11.1 Å². The quantitative estimate of drug-likeness (QED) is 0.731. The van der Waals surface area contributed by atoms with E-state index in [0.717, 1.165) is 19.3 Å². The summed E-state index contributed by atoms with van der Waals surface area (Å²) in [5.41, 5.74) is 6.33. The van der Waals surface area contributed by atoms with Gasteiger partial charge in [-0.15, -0.1) is 0 Å². The van der Waals surface area contributed by atoms with Gasteiger partial charge in [0.1, 0.15) is 5.82 Å². The van der Waals surface area contributed by atoms with E-state index >= 15 is 0 Å². The van der Waals surface area contributed by atoms with Crippen LogP contribution in [0.5, 0.6) is 0 Å². The van der Waals surface area contributed by atoms with Crippen LogP contribution in [-0.4, -0.2) is 5.91 Å². The number of halogens is 1. The van der Waals surface area contributed by atoms with Crippen molar-refractivity contribution in [2.45, 2.75) is 19.3 Å². The fourth-order valence-corrected chi connectivity index (χ4v) is 1.55. The van der Waals surface area contributed by atoms with Crippen LogP contribution in [-0.2, 0) is 4.79 Å². The van der Waals surface area contributed by atoms with Gasteiger partial charge in [0.05, 0.1) is 11.4 Å². The van der Waals surface area contributed by atoms with E-state index in [1.54, 1.807) is 0 Å². The number of carbonyl (C=O) groups is 1. The molecule has 0 aliphatic heterocycles. The van der Waals surface area contributed by atoms with E-state index in [1.165, 1.54) is 18.2 Å². The minimum absolute atomic E-state index is 0.0143. The lowest BCUT2D eigenvalue weighted by molar-refractivity contribution is -0.122. The summed E-state index contributed by atoms with van der Waals surface area (Å²) in [5, 5.41) is 2.71. The van der Waals surface area contributed by atoms with Gasteiger partial charge in [-0.2, -0.15) is 0 Å². The second-order valence-corrected chi connectivity index (χ2v) is 3.85. The minimum Gasteiger partial charge on any atom is -0.397 e. The van der Waals surface area contributed by atoms with E-state index in [9.17, 15) is 9.18 Å². The molecule has 3 N–H and O–H groups in total. The molecule has 0 atom stereocenters. The molecule has 0 spiro atoms. The molecule has 1 aromatic carbocycles. The molecule has 0 bridgehead atoms. The number of anilines is 2. The summed E-state index contributed by atoms with van der Waals surface area (Å²) in [6.45, 7) is 0. The van der Waals surface area contributed by atoms with E-state index < -0.39 is 5.82 Å². The predicted molar refractivity (Wildman–Crippen MR) is 56.8 cm³/mol. The van der Waals surface area contributed by atoms with Gasteiger partial charge in [0, 0.05) is 5.92 Å². The average Bonchev–Trinajstić information content (AvgIpc) is 2.07. The Kier molecular flexibility index (Phi) is 2.58. The first-order chi connectivity index (χ1) is 7.16. The van der Waals surface area contributed by atoms with E-state index in [2.05, 4.69) is 5.32 Å². The number of hydrogen-bond donors (Lipinski definition) is 2. The Hall–Kier alpha value is -1.58. The van der Waals surface area contributed by atoms with Gasteiger partial charge in [0.15, 0.2) is 0 Å². The van der Waals surface area contributed by atoms with E-state index in [-0.39, 0.29) is 17.5 Å². The standard InChI is InChI=1S/C11H13FN2O/c12-8-4-5-10(9(13)6-8)14-11(15)7-2-1-3-7/h4-7H,1-3,13H2,(H,14,15). The Balaban J connectivity index is 2.06. The van der Waals surface area contributed by atoms with Crippen molar-refractivity contribution in [2.75, 3.05) is 11.1 Å². The Morgan fingerprint density at radius 1 is 1.47 bits per heavy atom. The summed E-state index contributed by atoms with van der Waals surface area (Å²) in [4.78, 5) is 11.6. The van der Waals surface area contributed by atoms with Crippen LogP contribution in [0.1, 0.15) is 19.3 Å². The highest BCUT2D eigenvalue weighted by molar-refractivity contribution is 5.95. The molecule has 1 amide bonds. The fourth-order valence-electron chi connectivity index (χ4n) is 1.55. The zero-order chi connectivity index (χ0) is 10.8. The first-order valence-electron chi connectivity index (χ1n) is 5.02. The molecule has 0 unspecified atom stereocenters. The van der Waals surface area contributed by atoms with E-state index in [4.69, 9.17) is 5.73 Å². The molecule has 2 rings (SSSR count). The number of amides is 1. The number of benzene rings is 1. The molecule has 1 aliphatic rings. The number of carbonyl (C=O) groups excluding carboxylic acids is 1. The molecule has 3 nitrogen and oxygen atoms in total. The third-order valence-corrected chi connectivity index (χ3v) is 2.75. The summed E-state index contributed by atoms with van der Waals surface area (Å²) in [6, 6.07) is 3.98. The van der Waals surface area contributed by atoms with Gasteiger partial charge in [-0.05, 0) is 31.0 Å². The fraction of sp³-hybridized carbons (Fsp3) is 0.364. The average molecular weight is 208 g/mol. The van der Waals surface area contributed by atoms with Crippen molar-refractivity contribution in [3.63, 3.8) is 0 Å². The highest BCUT2D eigenvalue weighted by Crippen LogP contribution is 2.28. The third kappa shape index (κ3) is 2.09. The molecule has 0 aromatic heterocycles. The number of rotatable bonds is 2. The third-order valence-electron chi connectivity index (χ3n) is 2.75. The van der Waals surface area contributed by atoms with Gasteiger partial charge >= 0.3 is 0 Å². The Morgan fingerprint density at radius 3 is 2.73 bits per heavy atom. The molecule has 1 aliphatic carbocycles. The van der Waals surface area contributed by atoms with Crippen molar-refractivity contribution in [1.29, 1.82) is 0 Å². The molecule has 0 saturated heterocycles. The van der Waals surface area contributed by atoms with Crippen LogP contribution in [0.2, 0.25) is 0 Å². The summed E-state index contributed by atoms with van der Waals surface area (Å²) >= 11 is 0. The van der Waals surface area contributed by atoms with E-state index in [0.29, 0.717) is 5.69 Å². The summed E-state index contributed by atoms with van der Waals surface area (Å²) < 4.78 is 12.7. The van der Waals surface area contributed by atoms with Crippen molar-refractivity contribution in [3.05, 3.63) is 24.0 Å². The summed E-state index contributed by atoms with van der Waals surface area (Å²) in [7, 11) is 0. The van der Waals surface area contributed by atoms with Gasteiger partial charge in [-0.1, -0.05) is 6.42 Å². The lowest BCUT2D eigenvalue weighted by Gasteiger charge is -2.24. The zero-order valence-electron chi connectivity index (χ0n) is 8.29. The maximum Gasteiger partial charge on any atom is 0.227 e. The van der Waals surface area contributed by atoms with Gasteiger partial charge < -0.3 is 11.1 Å². The maximum absolute atomic E-state index is 12.7. The molecule has 4 heteroatoms. The SMILES string of the molecule is Nc1cc(F)ccc1NC(=O)C1CCC1. The molecular weight excluding hydrogens is 195 g/mol. The van der Waals surface area contributed by atoms with Gasteiger partial charge in [0.25, 0.3) is 0 Å². The van der Waals surface area contributed by atoms with Crippen LogP contribution in [0, 0.1) is 11.7 Å². The van der Waals surface area contributed by atoms with Crippen molar-refractivity contribution < 1.29 is 9.18 Å². The normalized spacial score (nSPS) is 15.8. The first kappa shape index (κ1) is 9.96. The molecule has 15 heavy (non-hydrogen) atoms. The molecule has 1 saturated carbocycles. The minimum atomic E-state index is -0.394. The van der Waals surface area contributed by atoms with Crippen molar-refractivity contribution in [2.24, 2.45) is 5.92 Å². The van der Waals surface area contributed by atoms with Gasteiger partial charge in [-0.3, -0.25) is 4.79 Å². The van der Waals surface area contributed by atoms with Crippen LogP contribution in [0.4, 0.5) is 15.8 Å². The monoisotopic (exact) mass is 208 g/mol. The van der Waals surface area contributed by atoms with E-state index in [1.807, 2.05) is 0 Å². The van der Waals surface area contributed by atoms with Crippen molar-refractivity contribution >= 4 is 17.3 Å². The second-order valence-electron chi connectivity index (χ2n) is 3.85. The lowest BCUT2D eigenvalue weighted by Crippen LogP contribution is -2.28. The topological polar surface area (TPSA) is 55.1 Å². The molecule has 0 radical (unpaired) electrons. The van der Waals surface area contributed by atoms with Crippen LogP contribution in [0.15, 0.2) is 18.2 Å². The smallest absolute Gasteiger partial charge is 0.227 e. The summed E-state index contributed by atoms with van der Waals surface area (Å²) in [5.74, 6) is -0.303. The first-order valence-corrected chi connectivity index (χ1v) is 5.02. The van der Waals surface area contributed by atoms with Crippen LogP contribution >= 0.6 is 0 Å². The Morgan fingerprint density at radius 2 is 2.20 bits per heavy atom.